The Morgan fingerprint density at radius 2 is 1.09 bits per heavy atom. The summed E-state index contributed by atoms with van der Waals surface area (Å²) in [5.41, 5.74) is 0.286. The molecule has 0 aliphatic heterocycles. The molecular formula is C26H37NO4S2. The molecule has 0 atom stereocenters. The van der Waals surface area contributed by atoms with Crippen LogP contribution in [0.2, 0.25) is 0 Å². The highest BCUT2D eigenvalue weighted by Crippen LogP contribution is 2.40. The number of benzene rings is 2. The maximum Gasteiger partial charge on any atom is 0.336 e. The van der Waals surface area contributed by atoms with Gasteiger partial charge < -0.3 is 19.5 Å². The van der Waals surface area contributed by atoms with Crippen LogP contribution in [0.25, 0.3) is 0 Å². The molecule has 0 bridgehead atoms. The van der Waals surface area contributed by atoms with E-state index in [1.165, 1.54) is 90.1 Å². The third kappa shape index (κ3) is 9.82. The fraction of sp³-hybridized carbons (Fsp3) is 0.462. The van der Waals surface area contributed by atoms with Crippen molar-refractivity contribution >= 4 is 33.5 Å². The van der Waals surface area contributed by atoms with Crippen LogP contribution >= 0.6 is 21.6 Å². The van der Waals surface area contributed by atoms with E-state index in [-0.39, 0.29) is 11.1 Å². The Kier molecular flexibility index (Phi) is 13.9. The number of carboxylic acid groups (broad SMARTS) is 2. The molecule has 0 unspecified atom stereocenters. The average Bonchev–Trinajstić information content (AvgIpc) is 2.79. The lowest BCUT2D eigenvalue weighted by Crippen LogP contribution is -2.50. The van der Waals surface area contributed by atoms with Crippen molar-refractivity contribution in [3.63, 3.8) is 0 Å². The maximum atomic E-state index is 11.1. The minimum Gasteiger partial charge on any atom is -0.545 e. The summed E-state index contributed by atoms with van der Waals surface area (Å²) in [6.07, 6.45) is 5.33. The molecule has 0 amide bonds. The summed E-state index contributed by atoms with van der Waals surface area (Å²) in [6, 6.07) is 13.0. The average molecular weight is 492 g/mol. The van der Waals surface area contributed by atoms with Gasteiger partial charge >= 0.3 is 5.97 Å². The molecule has 0 radical (unpaired) electrons. The molecule has 2 aromatic carbocycles. The molecule has 1 N–H and O–H groups in total. The van der Waals surface area contributed by atoms with E-state index < -0.39 is 11.9 Å². The summed E-state index contributed by atoms with van der Waals surface area (Å²) in [6.45, 7) is 14.8. The first-order valence-electron chi connectivity index (χ1n) is 11.7. The van der Waals surface area contributed by atoms with E-state index in [1.807, 2.05) is 0 Å². The number of hydrogen-bond donors (Lipinski definition) is 1. The van der Waals surface area contributed by atoms with E-state index >= 15 is 0 Å². The van der Waals surface area contributed by atoms with E-state index in [1.54, 1.807) is 36.4 Å². The summed E-state index contributed by atoms with van der Waals surface area (Å²) in [7, 11) is 2.40. The Morgan fingerprint density at radius 1 is 0.727 bits per heavy atom. The number of hydrogen-bond acceptors (Lipinski definition) is 5. The maximum absolute atomic E-state index is 11.1. The highest BCUT2D eigenvalue weighted by molar-refractivity contribution is 8.76. The molecule has 0 aromatic heterocycles. The van der Waals surface area contributed by atoms with Gasteiger partial charge in [0, 0.05) is 15.4 Å². The Labute approximate surface area is 206 Å². The molecule has 0 heterocycles. The zero-order valence-corrected chi connectivity index (χ0v) is 21.8. The second-order valence-corrected chi connectivity index (χ2v) is 10.2. The van der Waals surface area contributed by atoms with Gasteiger partial charge in [-0.2, -0.15) is 0 Å². The predicted octanol–water partition coefficient (Wildman–Crippen LogP) is 5.99. The van der Waals surface area contributed by atoms with Gasteiger partial charge in [-0.3, -0.25) is 0 Å². The SMILES string of the molecule is CCC[N+](CCC)(CCC)CCC.O=C([O-])c1ccccc1SSc1ccccc1C(=O)O. The van der Waals surface area contributed by atoms with Gasteiger partial charge in [0.25, 0.3) is 0 Å². The Balaban J connectivity index is 0.000000366. The van der Waals surface area contributed by atoms with Crippen LogP contribution in [0.4, 0.5) is 0 Å². The highest BCUT2D eigenvalue weighted by Gasteiger charge is 2.22. The summed E-state index contributed by atoms with van der Waals surface area (Å²) < 4.78 is 1.38. The molecule has 0 saturated carbocycles. The van der Waals surface area contributed by atoms with Crippen molar-refractivity contribution in [2.45, 2.75) is 63.2 Å². The van der Waals surface area contributed by atoms with Crippen molar-refractivity contribution in [3.8, 4) is 0 Å². The van der Waals surface area contributed by atoms with Crippen LogP contribution < -0.4 is 5.11 Å². The zero-order chi connectivity index (χ0) is 24.7. The van der Waals surface area contributed by atoms with Crippen LogP contribution in [-0.4, -0.2) is 47.7 Å². The van der Waals surface area contributed by atoms with Gasteiger partial charge in [0.2, 0.25) is 0 Å². The van der Waals surface area contributed by atoms with Gasteiger partial charge in [-0.05, 0) is 43.9 Å². The molecule has 2 aromatic rings. The first-order chi connectivity index (χ1) is 15.8. The topological polar surface area (TPSA) is 77.4 Å². The molecule has 7 heteroatoms. The Bertz CT molecular complexity index is 786. The fourth-order valence-corrected chi connectivity index (χ4v) is 6.43. The van der Waals surface area contributed by atoms with Crippen LogP contribution in [0.15, 0.2) is 58.3 Å². The van der Waals surface area contributed by atoms with Crippen molar-refractivity contribution in [1.82, 2.24) is 0 Å². The number of carboxylic acids is 2. The molecule has 0 saturated heterocycles. The third-order valence-corrected chi connectivity index (χ3v) is 7.72. The van der Waals surface area contributed by atoms with Crippen LogP contribution in [0.5, 0.6) is 0 Å². The summed E-state index contributed by atoms with van der Waals surface area (Å²) >= 11 is 0. The van der Waals surface area contributed by atoms with E-state index in [0.717, 1.165) is 0 Å². The molecule has 0 spiro atoms. The van der Waals surface area contributed by atoms with Crippen LogP contribution in [-0.2, 0) is 0 Å². The molecule has 182 valence electrons. The third-order valence-electron chi connectivity index (χ3n) is 5.24. The summed E-state index contributed by atoms with van der Waals surface area (Å²) in [4.78, 5) is 23.2. The second kappa shape index (κ2) is 15.8. The van der Waals surface area contributed by atoms with Crippen molar-refractivity contribution in [2.24, 2.45) is 0 Å². The zero-order valence-electron chi connectivity index (χ0n) is 20.2. The monoisotopic (exact) mass is 491 g/mol. The van der Waals surface area contributed by atoms with Crippen LogP contribution in [0, 0.1) is 0 Å². The first kappa shape index (κ1) is 29.1. The molecule has 33 heavy (non-hydrogen) atoms. The molecule has 0 fully saturated rings. The molecule has 0 aliphatic carbocycles. The first-order valence-corrected chi connectivity index (χ1v) is 13.8. The van der Waals surface area contributed by atoms with Crippen molar-refractivity contribution in [1.29, 1.82) is 0 Å². The van der Waals surface area contributed by atoms with Crippen LogP contribution in [0.1, 0.15) is 74.1 Å². The number of aromatic carboxylic acids is 2. The van der Waals surface area contributed by atoms with E-state index in [4.69, 9.17) is 5.11 Å². The summed E-state index contributed by atoms with van der Waals surface area (Å²) in [5, 5.41) is 20.1. The number of quaternary nitrogens is 1. The van der Waals surface area contributed by atoms with Gasteiger partial charge in [-0.25, -0.2) is 4.79 Å². The van der Waals surface area contributed by atoms with Gasteiger partial charge in [0.05, 0.1) is 37.7 Å². The quantitative estimate of drug-likeness (QED) is 0.274. The fourth-order valence-electron chi connectivity index (χ4n) is 4.08. The van der Waals surface area contributed by atoms with Gasteiger partial charge in [-0.15, -0.1) is 0 Å². The highest BCUT2D eigenvalue weighted by atomic mass is 33.1. The number of rotatable bonds is 13. The smallest absolute Gasteiger partial charge is 0.336 e. The molecule has 5 nitrogen and oxygen atoms in total. The lowest BCUT2D eigenvalue weighted by molar-refractivity contribution is -0.928. The van der Waals surface area contributed by atoms with Gasteiger partial charge in [0.1, 0.15) is 0 Å². The Hall–Kier alpha value is -1.96. The number of nitrogens with zero attached hydrogens (tertiary/aromatic N) is 1. The van der Waals surface area contributed by atoms with E-state index in [0.29, 0.717) is 9.79 Å². The summed E-state index contributed by atoms with van der Waals surface area (Å²) in [5.74, 6) is -2.26. The number of carbonyl (C=O) groups excluding carboxylic acids is 1. The normalized spacial score (nSPS) is 10.9. The van der Waals surface area contributed by atoms with E-state index in [2.05, 4.69) is 27.7 Å². The number of carbonyl (C=O) groups is 2. The minimum absolute atomic E-state index is 0.0952. The standard InChI is InChI=1S/C14H10O4S2.C12H28N/c15-13(16)9-5-1-3-7-11(9)19-20-12-8-4-2-6-10(12)14(17)18;1-5-9-13(10-6-2,11-7-3)12-8-4/h1-8H,(H,15,16)(H,17,18);5-12H2,1-4H3/q;+1/p-1. The van der Waals surface area contributed by atoms with Crippen molar-refractivity contribution in [3.05, 3.63) is 59.7 Å². The largest absolute Gasteiger partial charge is 0.545 e. The Morgan fingerprint density at radius 3 is 1.45 bits per heavy atom. The van der Waals surface area contributed by atoms with Gasteiger partial charge in [-0.1, -0.05) is 79.6 Å². The lowest BCUT2D eigenvalue weighted by Gasteiger charge is -2.38. The van der Waals surface area contributed by atoms with E-state index in [9.17, 15) is 14.7 Å². The lowest BCUT2D eigenvalue weighted by atomic mass is 10.2. The molecule has 2 rings (SSSR count). The van der Waals surface area contributed by atoms with Crippen LogP contribution in [0.3, 0.4) is 0 Å². The minimum atomic E-state index is -1.25. The van der Waals surface area contributed by atoms with Crippen molar-refractivity contribution in [2.75, 3.05) is 26.2 Å². The molecule has 0 aliphatic rings. The predicted molar refractivity (Wildman–Crippen MR) is 137 cm³/mol. The second-order valence-electron chi connectivity index (χ2n) is 7.99. The molecular weight excluding hydrogens is 454 g/mol. The van der Waals surface area contributed by atoms with Crippen molar-refractivity contribution < 1.29 is 24.3 Å². The van der Waals surface area contributed by atoms with Gasteiger partial charge in [0.15, 0.2) is 0 Å².